The molecule has 1 aliphatic heterocycles. The average molecular weight is 265 g/mol. The molecular weight excluding hydrogens is 246 g/mol. The van der Waals surface area contributed by atoms with Gasteiger partial charge in [-0.3, -0.25) is 15.5 Å². The second-order valence-corrected chi connectivity index (χ2v) is 4.64. The van der Waals surface area contributed by atoms with Gasteiger partial charge in [0, 0.05) is 37.3 Å². The first kappa shape index (κ1) is 13.8. The van der Waals surface area contributed by atoms with Crippen LogP contribution in [0.3, 0.4) is 0 Å². The van der Waals surface area contributed by atoms with E-state index in [0.717, 1.165) is 18.7 Å². The Morgan fingerprint density at radius 2 is 2.11 bits per heavy atom. The first-order chi connectivity index (χ1) is 9.20. The normalized spacial score (nSPS) is 16.3. The van der Waals surface area contributed by atoms with Crippen LogP contribution in [0, 0.1) is 10.1 Å². The summed E-state index contributed by atoms with van der Waals surface area (Å²) >= 11 is 0. The van der Waals surface area contributed by atoms with Gasteiger partial charge >= 0.3 is 0 Å². The zero-order chi connectivity index (χ0) is 13.7. The Morgan fingerprint density at radius 1 is 1.37 bits per heavy atom. The Labute approximate surface area is 112 Å². The molecule has 1 aromatic carbocycles. The van der Waals surface area contributed by atoms with E-state index in [1.165, 1.54) is 25.3 Å². The van der Waals surface area contributed by atoms with Gasteiger partial charge in [-0.15, -0.1) is 0 Å². The van der Waals surface area contributed by atoms with Gasteiger partial charge in [0.1, 0.15) is 5.75 Å². The van der Waals surface area contributed by atoms with E-state index in [9.17, 15) is 10.1 Å². The molecule has 0 spiro atoms. The van der Waals surface area contributed by atoms with Gasteiger partial charge in [-0.25, -0.2) is 5.01 Å². The van der Waals surface area contributed by atoms with Crippen LogP contribution in [0.2, 0.25) is 0 Å². The smallest absolute Gasteiger partial charge is 0.270 e. The highest BCUT2D eigenvalue weighted by Gasteiger charge is 2.13. The fraction of sp³-hybridized carbons (Fsp3) is 0.538. The number of ether oxygens (including phenoxy) is 1. The van der Waals surface area contributed by atoms with Gasteiger partial charge in [0.05, 0.1) is 12.0 Å². The highest BCUT2D eigenvalue weighted by molar-refractivity contribution is 5.43. The number of nitro benzene ring substituents is 1. The number of methoxy groups -OCH3 is 1. The molecule has 1 saturated heterocycles. The number of nitrogens with zero attached hydrogens (tertiary/aromatic N) is 2. The first-order valence-electron chi connectivity index (χ1n) is 6.50. The van der Waals surface area contributed by atoms with Crippen LogP contribution in [0.15, 0.2) is 18.2 Å². The molecular formula is C13H19N3O3. The Morgan fingerprint density at radius 3 is 2.74 bits per heavy atom. The van der Waals surface area contributed by atoms with Crippen LogP contribution in [-0.4, -0.2) is 30.1 Å². The summed E-state index contributed by atoms with van der Waals surface area (Å²) in [5.41, 5.74) is 4.21. The summed E-state index contributed by atoms with van der Waals surface area (Å²) in [5, 5.41) is 13.0. The van der Waals surface area contributed by atoms with Gasteiger partial charge in [-0.2, -0.15) is 0 Å². The van der Waals surface area contributed by atoms with Gasteiger partial charge in [0.25, 0.3) is 5.69 Å². The summed E-state index contributed by atoms with van der Waals surface area (Å²) in [4.78, 5) is 10.4. The standard InChI is InChI=1S/C13H19N3O3/c1-19-13-6-5-12(16(17)18)9-11(13)10-14-15-7-3-2-4-8-15/h5-6,9,14H,2-4,7-8,10H2,1H3. The Kier molecular flexibility index (Phi) is 4.70. The lowest BCUT2D eigenvalue weighted by Gasteiger charge is -2.27. The maximum absolute atomic E-state index is 10.8. The minimum Gasteiger partial charge on any atom is -0.496 e. The first-order valence-corrected chi connectivity index (χ1v) is 6.50. The van der Waals surface area contributed by atoms with Crippen LogP contribution >= 0.6 is 0 Å². The van der Waals surface area contributed by atoms with Crippen LogP contribution < -0.4 is 10.2 Å². The second kappa shape index (κ2) is 6.49. The summed E-state index contributed by atoms with van der Waals surface area (Å²) in [7, 11) is 1.57. The van der Waals surface area contributed by atoms with Crippen molar-refractivity contribution in [1.29, 1.82) is 0 Å². The average Bonchev–Trinajstić information content (AvgIpc) is 2.45. The van der Waals surface area contributed by atoms with E-state index in [1.807, 2.05) is 0 Å². The third-order valence-electron chi connectivity index (χ3n) is 3.32. The van der Waals surface area contributed by atoms with Crippen molar-refractivity contribution in [1.82, 2.24) is 10.4 Å². The lowest BCUT2D eigenvalue weighted by Crippen LogP contribution is -2.41. The number of hydrazine groups is 1. The summed E-state index contributed by atoms with van der Waals surface area (Å²) in [6.07, 6.45) is 3.66. The van der Waals surface area contributed by atoms with Gasteiger partial charge < -0.3 is 4.74 Å². The molecule has 104 valence electrons. The van der Waals surface area contributed by atoms with Crippen molar-refractivity contribution in [3.8, 4) is 5.75 Å². The largest absolute Gasteiger partial charge is 0.496 e. The molecule has 1 aliphatic rings. The van der Waals surface area contributed by atoms with Crippen LogP contribution in [0.1, 0.15) is 24.8 Å². The third kappa shape index (κ3) is 3.65. The Balaban J connectivity index is 2.04. The summed E-state index contributed by atoms with van der Waals surface area (Å²) < 4.78 is 5.24. The number of nitrogens with one attached hydrogen (secondary N) is 1. The van der Waals surface area contributed by atoms with E-state index in [4.69, 9.17) is 4.74 Å². The van der Waals surface area contributed by atoms with Crippen LogP contribution in [0.4, 0.5) is 5.69 Å². The van der Waals surface area contributed by atoms with E-state index in [-0.39, 0.29) is 10.6 Å². The number of nitro groups is 1. The van der Waals surface area contributed by atoms with Crippen molar-refractivity contribution in [2.45, 2.75) is 25.8 Å². The molecule has 19 heavy (non-hydrogen) atoms. The number of non-ortho nitro benzene ring substituents is 1. The number of piperidine rings is 1. The molecule has 0 aromatic heterocycles. The van der Waals surface area contributed by atoms with Crippen molar-refractivity contribution in [3.05, 3.63) is 33.9 Å². The maximum Gasteiger partial charge on any atom is 0.270 e. The quantitative estimate of drug-likeness (QED) is 0.652. The fourth-order valence-electron chi connectivity index (χ4n) is 2.27. The molecule has 0 amide bonds. The minimum atomic E-state index is -0.385. The van der Waals surface area contributed by atoms with E-state index in [0.29, 0.717) is 12.3 Å². The highest BCUT2D eigenvalue weighted by Crippen LogP contribution is 2.24. The molecule has 0 aliphatic carbocycles. The fourth-order valence-corrected chi connectivity index (χ4v) is 2.27. The monoisotopic (exact) mass is 265 g/mol. The van der Waals surface area contributed by atoms with Crippen LogP contribution in [-0.2, 0) is 6.54 Å². The predicted octanol–water partition coefficient (Wildman–Crippen LogP) is 2.09. The molecule has 0 atom stereocenters. The SMILES string of the molecule is COc1ccc([N+](=O)[O-])cc1CNN1CCCCC1. The molecule has 0 radical (unpaired) electrons. The topological polar surface area (TPSA) is 67.6 Å². The lowest BCUT2D eigenvalue weighted by atomic mass is 10.1. The molecule has 1 N–H and O–H groups in total. The van der Waals surface area contributed by atoms with Crippen molar-refractivity contribution in [2.75, 3.05) is 20.2 Å². The van der Waals surface area contributed by atoms with E-state index in [1.54, 1.807) is 19.2 Å². The molecule has 6 nitrogen and oxygen atoms in total. The summed E-state index contributed by atoms with van der Waals surface area (Å²) in [6.45, 7) is 2.60. The molecule has 2 rings (SSSR count). The highest BCUT2D eigenvalue weighted by atomic mass is 16.6. The summed E-state index contributed by atoms with van der Waals surface area (Å²) in [6, 6.07) is 4.67. The lowest BCUT2D eigenvalue weighted by molar-refractivity contribution is -0.384. The molecule has 1 fully saturated rings. The molecule has 6 heteroatoms. The van der Waals surface area contributed by atoms with E-state index >= 15 is 0 Å². The molecule has 1 heterocycles. The Bertz CT molecular complexity index is 445. The zero-order valence-corrected chi connectivity index (χ0v) is 11.1. The third-order valence-corrected chi connectivity index (χ3v) is 3.32. The second-order valence-electron chi connectivity index (χ2n) is 4.64. The maximum atomic E-state index is 10.8. The number of benzene rings is 1. The molecule has 0 saturated carbocycles. The van der Waals surface area contributed by atoms with Crippen molar-refractivity contribution >= 4 is 5.69 Å². The summed E-state index contributed by atoms with van der Waals surface area (Å²) in [5.74, 6) is 0.676. The van der Waals surface area contributed by atoms with Crippen molar-refractivity contribution < 1.29 is 9.66 Å². The van der Waals surface area contributed by atoms with Crippen molar-refractivity contribution in [2.24, 2.45) is 0 Å². The van der Waals surface area contributed by atoms with Gasteiger partial charge in [0.15, 0.2) is 0 Å². The van der Waals surface area contributed by atoms with Gasteiger partial charge in [-0.05, 0) is 18.9 Å². The predicted molar refractivity (Wildman–Crippen MR) is 71.9 cm³/mol. The zero-order valence-electron chi connectivity index (χ0n) is 11.1. The number of hydrogen-bond donors (Lipinski definition) is 1. The van der Waals surface area contributed by atoms with Crippen LogP contribution in [0.5, 0.6) is 5.75 Å². The van der Waals surface area contributed by atoms with Gasteiger partial charge in [0.2, 0.25) is 0 Å². The van der Waals surface area contributed by atoms with E-state index in [2.05, 4.69) is 10.4 Å². The van der Waals surface area contributed by atoms with E-state index < -0.39 is 0 Å². The van der Waals surface area contributed by atoms with Crippen molar-refractivity contribution in [3.63, 3.8) is 0 Å². The number of hydrogen-bond acceptors (Lipinski definition) is 5. The molecule has 1 aromatic rings. The minimum absolute atomic E-state index is 0.0937. The molecule has 0 unspecified atom stereocenters. The number of rotatable bonds is 5. The Hall–Kier alpha value is -1.66. The van der Waals surface area contributed by atoms with Crippen LogP contribution in [0.25, 0.3) is 0 Å². The molecule has 0 bridgehead atoms. The van der Waals surface area contributed by atoms with Gasteiger partial charge in [-0.1, -0.05) is 6.42 Å².